The number of rotatable bonds is 13. The molecular formula is C41H43NO11. The van der Waals surface area contributed by atoms with Crippen LogP contribution in [0.15, 0.2) is 27.3 Å². The number of hydrogen-bond acceptors (Lipinski definition) is 11. The summed E-state index contributed by atoms with van der Waals surface area (Å²) in [5.74, 6) is -1.10. The van der Waals surface area contributed by atoms with Gasteiger partial charge in [-0.15, -0.1) is 0 Å². The summed E-state index contributed by atoms with van der Waals surface area (Å²) in [6, 6.07) is 2.59. The highest BCUT2D eigenvalue weighted by atomic mass is 16.6. The predicted molar refractivity (Wildman–Crippen MR) is 202 cm³/mol. The molecule has 0 aliphatic heterocycles. The molecule has 0 atom stereocenters. The van der Waals surface area contributed by atoms with Crippen LogP contribution in [0.25, 0.3) is 49.2 Å². The fourth-order valence-electron chi connectivity index (χ4n) is 8.95. The lowest BCUT2D eigenvalue weighted by atomic mass is 9.78. The molecule has 2 aliphatic rings. The van der Waals surface area contributed by atoms with E-state index in [9.17, 15) is 39.6 Å². The number of aromatic hydroxyl groups is 1. The van der Waals surface area contributed by atoms with E-state index in [-0.39, 0.29) is 57.7 Å². The number of carbonyl (C=O) groups excluding carboxylic acids is 1. The van der Waals surface area contributed by atoms with E-state index >= 15 is 0 Å². The summed E-state index contributed by atoms with van der Waals surface area (Å²) >= 11 is 0. The van der Waals surface area contributed by atoms with Crippen LogP contribution in [0.5, 0.6) is 11.5 Å². The van der Waals surface area contributed by atoms with Crippen LogP contribution in [0, 0.1) is 11.8 Å². The van der Waals surface area contributed by atoms with Crippen molar-refractivity contribution in [1.29, 1.82) is 0 Å². The average molecular weight is 726 g/mol. The molecule has 1 fully saturated rings. The van der Waals surface area contributed by atoms with Gasteiger partial charge in [-0.25, -0.2) is 0 Å². The van der Waals surface area contributed by atoms with E-state index in [1.807, 2.05) is 13.0 Å². The number of ether oxygens (including phenoxy) is 3. The Kier molecular flexibility index (Phi) is 9.88. The number of hydrogen-bond donors (Lipinski definition) is 5. The molecule has 5 N–H and O–H groups in total. The first kappa shape index (κ1) is 36.3. The van der Waals surface area contributed by atoms with Gasteiger partial charge in [0.25, 0.3) is 0 Å². The van der Waals surface area contributed by atoms with E-state index in [0.717, 1.165) is 18.4 Å². The fourth-order valence-corrected chi connectivity index (χ4v) is 8.95. The third-order valence-corrected chi connectivity index (χ3v) is 11.2. The van der Waals surface area contributed by atoms with Gasteiger partial charge in [-0.1, -0.05) is 11.6 Å². The lowest BCUT2D eigenvalue weighted by Crippen LogP contribution is -2.25. The van der Waals surface area contributed by atoms with Gasteiger partial charge in [0, 0.05) is 29.0 Å². The van der Waals surface area contributed by atoms with Crippen LogP contribution in [0.4, 0.5) is 5.69 Å². The van der Waals surface area contributed by atoms with Gasteiger partial charge in [-0.05, 0) is 108 Å². The molecule has 53 heavy (non-hydrogen) atoms. The van der Waals surface area contributed by atoms with E-state index in [1.165, 1.54) is 19.2 Å². The summed E-state index contributed by atoms with van der Waals surface area (Å²) in [5.41, 5.74) is 2.67. The van der Waals surface area contributed by atoms with Gasteiger partial charge in [0.15, 0.2) is 10.9 Å². The zero-order chi connectivity index (χ0) is 37.7. The highest BCUT2D eigenvalue weighted by Crippen LogP contribution is 2.53. The van der Waals surface area contributed by atoms with Crippen molar-refractivity contribution in [3.63, 3.8) is 0 Å². The number of fused-ring (bicyclic) bond motifs is 1. The van der Waals surface area contributed by atoms with Crippen molar-refractivity contribution in [3.05, 3.63) is 66.0 Å². The maximum atomic E-state index is 14.1. The number of aliphatic hydroxyl groups is 2. The molecule has 7 rings (SSSR count). The second-order valence-electron chi connectivity index (χ2n) is 14.3. The first-order chi connectivity index (χ1) is 25.5. The Labute approximate surface area is 304 Å². The number of esters is 1. The van der Waals surface area contributed by atoms with E-state index < -0.39 is 36.6 Å². The Morgan fingerprint density at radius 3 is 2.09 bits per heavy atom. The largest absolute Gasteiger partial charge is 0.507 e. The van der Waals surface area contributed by atoms with Crippen molar-refractivity contribution in [2.45, 2.75) is 65.1 Å². The van der Waals surface area contributed by atoms with E-state index in [1.54, 1.807) is 7.11 Å². The number of benzene rings is 5. The second kappa shape index (κ2) is 14.4. The zero-order valence-electron chi connectivity index (χ0n) is 30.0. The molecule has 5 aromatic carbocycles. The molecule has 5 aromatic rings. The summed E-state index contributed by atoms with van der Waals surface area (Å²) in [7, 11) is 3.01. The number of anilines is 1. The molecular weight excluding hydrogens is 682 g/mol. The lowest BCUT2D eigenvalue weighted by Gasteiger charge is -2.28. The lowest BCUT2D eigenvalue weighted by molar-refractivity contribution is -0.151. The highest BCUT2D eigenvalue weighted by Gasteiger charge is 2.33. The van der Waals surface area contributed by atoms with Crippen molar-refractivity contribution in [2.75, 3.05) is 39.3 Å². The van der Waals surface area contributed by atoms with Gasteiger partial charge >= 0.3 is 11.9 Å². The molecule has 2 aliphatic carbocycles. The molecule has 0 unspecified atom stereocenters. The van der Waals surface area contributed by atoms with Gasteiger partial charge in [0.05, 0.1) is 49.3 Å². The number of phenolic OH excluding ortho intramolecular Hbond substituents is 1. The quantitative estimate of drug-likeness (QED) is 0.0475. The number of allylic oxidation sites excluding steroid dienone is 1. The fraction of sp³-hybridized carbons (Fsp3) is 0.415. The molecule has 0 amide bonds. The van der Waals surface area contributed by atoms with E-state index in [0.29, 0.717) is 93.5 Å². The van der Waals surface area contributed by atoms with Gasteiger partial charge in [0.1, 0.15) is 24.7 Å². The van der Waals surface area contributed by atoms with Crippen LogP contribution in [-0.2, 0) is 45.1 Å². The zero-order valence-corrected chi connectivity index (χ0v) is 30.0. The second-order valence-corrected chi connectivity index (χ2v) is 14.3. The van der Waals surface area contributed by atoms with Crippen LogP contribution >= 0.6 is 0 Å². The van der Waals surface area contributed by atoms with Crippen LogP contribution in [0.1, 0.15) is 66.8 Å². The number of methoxy groups -OCH3 is 2. The Bertz CT molecular complexity index is 2430. The van der Waals surface area contributed by atoms with E-state index in [2.05, 4.69) is 5.32 Å². The number of carbonyl (C=O) groups is 2. The number of carboxylic acids is 1. The van der Waals surface area contributed by atoms with Crippen LogP contribution < -0.4 is 20.9 Å². The molecule has 0 bridgehead atoms. The average Bonchev–Trinajstić information content (AvgIpc) is 3.29. The summed E-state index contributed by atoms with van der Waals surface area (Å²) in [5, 5.41) is 49.3. The molecule has 278 valence electrons. The standard InChI is InChI=1S/C41H43NO11/c1-19-12-25-24(9-6-20-4-7-21(8-5-20)41(50)53-11-10-51-2)39(49)35-28(46)15-23(18-44)31-30-22(17-43)14-27(45)34-36(30)33(32(25)37(31)35)26(13-19)40(52-3)38(34)42-16-29(47)48/h12,14-15,20-21,42-44,49H,4-11,13,16-18H2,1-3H3,(H,47,48). The molecule has 0 heterocycles. The maximum absolute atomic E-state index is 14.1. The van der Waals surface area contributed by atoms with Crippen LogP contribution in [0.2, 0.25) is 0 Å². The smallest absolute Gasteiger partial charge is 0.322 e. The Hall–Kier alpha value is -5.04. The van der Waals surface area contributed by atoms with Gasteiger partial charge in [-0.2, -0.15) is 0 Å². The minimum atomic E-state index is -1.14. The third kappa shape index (κ3) is 5.98. The summed E-state index contributed by atoms with van der Waals surface area (Å²) in [6.07, 6.45) is 6.46. The Balaban J connectivity index is 1.50. The molecule has 12 nitrogen and oxygen atoms in total. The van der Waals surface area contributed by atoms with Crippen molar-refractivity contribution in [3.8, 4) is 11.5 Å². The van der Waals surface area contributed by atoms with Crippen molar-refractivity contribution < 1.29 is 44.2 Å². The number of aliphatic carboxylic acids is 1. The molecule has 0 radical (unpaired) electrons. The number of nitrogens with one attached hydrogen (secondary N) is 1. The summed E-state index contributed by atoms with van der Waals surface area (Å²) in [4.78, 5) is 52.4. The first-order valence-corrected chi connectivity index (χ1v) is 18.0. The highest BCUT2D eigenvalue weighted by molar-refractivity contribution is 6.38. The Morgan fingerprint density at radius 2 is 1.49 bits per heavy atom. The predicted octanol–water partition coefficient (Wildman–Crippen LogP) is 4.98. The molecule has 0 spiro atoms. The van der Waals surface area contributed by atoms with Gasteiger partial charge in [0.2, 0.25) is 0 Å². The summed E-state index contributed by atoms with van der Waals surface area (Å²) < 4.78 is 16.3. The van der Waals surface area contributed by atoms with Crippen molar-refractivity contribution >= 4 is 66.8 Å². The number of aliphatic hydroxyl groups excluding tert-OH is 2. The minimum absolute atomic E-state index is 0.0910. The maximum Gasteiger partial charge on any atom is 0.322 e. The van der Waals surface area contributed by atoms with Gasteiger partial charge < -0.3 is 40.0 Å². The van der Waals surface area contributed by atoms with Crippen LogP contribution in [-0.4, -0.2) is 66.3 Å². The van der Waals surface area contributed by atoms with Crippen molar-refractivity contribution in [2.24, 2.45) is 11.8 Å². The monoisotopic (exact) mass is 725 g/mol. The Morgan fingerprint density at radius 1 is 0.849 bits per heavy atom. The van der Waals surface area contributed by atoms with E-state index in [4.69, 9.17) is 14.2 Å². The SMILES string of the molecule is COCCOC(=O)C1CCC(CCc2c(O)c3c(=O)cc(CO)c4c5c(CO)cc(=O)c6c(NCC(=O)O)c(OC)c7c(c(c2C=C(C)C7)c34)c65)CC1. The third-order valence-electron chi connectivity index (χ3n) is 11.2. The summed E-state index contributed by atoms with van der Waals surface area (Å²) in [6.45, 7) is 0.965. The number of carboxylic acid groups (broad SMARTS) is 1. The minimum Gasteiger partial charge on any atom is -0.507 e. The number of phenols is 1. The van der Waals surface area contributed by atoms with Crippen molar-refractivity contribution in [1.82, 2.24) is 0 Å². The first-order valence-electron chi connectivity index (χ1n) is 18.0. The molecule has 0 aromatic heterocycles. The van der Waals surface area contributed by atoms with Gasteiger partial charge in [-0.3, -0.25) is 19.2 Å². The molecule has 0 saturated heterocycles. The normalized spacial score (nSPS) is 17.2. The molecule has 1 saturated carbocycles. The van der Waals surface area contributed by atoms with Crippen LogP contribution in [0.3, 0.4) is 0 Å². The topological polar surface area (TPSA) is 189 Å². The molecule has 12 heteroatoms.